The molecule has 0 amide bonds. The van der Waals surface area contributed by atoms with E-state index >= 15 is 0 Å². The van der Waals surface area contributed by atoms with E-state index in [9.17, 15) is 4.21 Å². The maximum Gasteiger partial charge on any atom is 0.107 e. The predicted octanol–water partition coefficient (Wildman–Crippen LogP) is 4.22. The van der Waals surface area contributed by atoms with E-state index in [4.69, 9.17) is 0 Å². The van der Waals surface area contributed by atoms with E-state index in [1.165, 1.54) is 42.9 Å². The lowest BCUT2D eigenvalue weighted by atomic mass is 9.95. The molecule has 2 aromatic carbocycles. The maximum atomic E-state index is 12.9. The van der Waals surface area contributed by atoms with Crippen LogP contribution in [0, 0.1) is 0 Å². The van der Waals surface area contributed by atoms with Gasteiger partial charge in [0.25, 0.3) is 0 Å². The Kier molecular flexibility index (Phi) is 3.85. The summed E-state index contributed by atoms with van der Waals surface area (Å²) in [6, 6.07) is 13.1. The molecule has 2 aliphatic rings. The molecule has 2 nitrogen and oxygen atoms in total. The molecule has 2 atom stereocenters. The highest BCUT2D eigenvalue weighted by Crippen LogP contribution is 2.29. The number of hydrogen-bond acceptors (Lipinski definition) is 2. The molecule has 1 aliphatic carbocycles. The normalized spacial score (nSPS) is 25.3. The molecule has 1 fully saturated rings. The summed E-state index contributed by atoms with van der Waals surface area (Å²) in [5.41, 5.74) is 1.10. The van der Waals surface area contributed by atoms with Crippen molar-refractivity contribution in [3.05, 3.63) is 48.0 Å². The van der Waals surface area contributed by atoms with Crippen LogP contribution in [0.2, 0.25) is 0 Å². The van der Waals surface area contributed by atoms with Gasteiger partial charge in [0.2, 0.25) is 0 Å². The van der Waals surface area contributed by atoms with Crippen molar-refractivity contribution in [1.82, 2.24) is 5.32 Å². The van der Waals surface area contributed by atoms with Crippen molar-refractivity contribution in [2.24, 2.45) is 0 Å². The molecule has 22 heavy (non-hydrogen) atoms. The first kappa shape index (κ1) is 14.2. The Bertz CT molecular complexity index is 746. The highest BCUT2D eigenvalue weighted by atomic mass is 32.2. The third-order valence-electron chi connectivity index (χ3n) is 4.78. The first-order valence-corrected chi connectivity index (χ1v) is 9.40. The predicted molar refractivity (Wildman–Crippen MR) is 93.2 cm³/mol. The second kappa shape index (κ2) is 5.98. The van der Waals surface area contributed by atoms with Crippen molar-refractivity contribution in [2.75, 3.05) is 0 Å². The van der Waals surface area contributed by atoms with Gasteiger partial charge in [0, 0.05) is 10.9 Å². The molecular weight excluding hydrogens is 290 g/mol. The van der Waals surface area contributed by atoms with Crippen LogP contribution in [0.1, 0.15) is 37.7 Å². The lowest BCUT2D eigenvalue weighted by Gasteiger charge is -2.28. The van der Waals surface area contributed by atoms with Crippen molar-refractivity contribution in [3.63, 3.8) is 0 Å². The summed E-state index contributed by atoms with van der Waals surface area (Å²) in [4.78, 5) is 0.967. The molecule has 4 rings (SSSR count). The number of benzene rings is 2. The van der Waals surface area contributed by atoms with Gasteiger partial charge in [-0.2, -0.15) is 0 Å². The SMILES string of the molecule is O=S1c2cc3ccccc3cc2C=CC1NC1CCCCC1. The van der Waals surface area contributed by atoms with Gasteiger partial charge in [-0.15, -0.1) is 0 Å². The van der Waals surface area contributed by atoms with Crippen LogP contribution in [0.5, 0.6) is 0 Å². The van der Waals surface area contributed by atoms with Gasteiger partial charge in [0.1, 0.15) is 5.37 Å². The highest BCUT2D eigenvalue weighted by molar-refractivity contribution is 7.86. The molecule has 0 saturated heterocycles. The number of nitrogens with one attached hydrogen (secondary N) is 1. The van der Waals surface area contributed by atoms with Crippen LogP contribution in [0.15, 0.2) is 47.4 Å². The Labute approximate surface area is 134 Å². The van der Waals surface area contributed by atoms with Crippen LogP contribution >= 0.6 is 0 Å². The first-order valence-electron chi connectivity index (χ1n) is 8.19. The van der Waals surface area contributed by atoms with Crippen molar-refractivity contribution >= 4 is 27.6 Å². The van der Waals surface area contributed by atoms with E-state index in [-0.39, 0.29) is 5.37 Å². The topological polar surface area (TPSA) is 29.1 Å². The minimum atomic E-state index is -1.01. The molecule has 3 heteroatoms. The van der Waals surface area contributed by atoms with Crippen LogP contribution in [0.3, 0.4) is 0 Å². The smallest absolute Gasteiger partial charge is 0.107 e. The van der Waals surface area contributed by atoms with E-state index in [1.54, 1.807) is 0 Å². The Morgan fingerprint density at radius 2 is 1.73 bits per heavy atom. The zero-order valence-corrected chi connectivity index (χ0v) is 13.4. The van der Waals surface area contributed by atoms with Crippen LogP contribution in [0.25, 0.3) is 16.8 Å². The van der Waals surface area contributed by atoms with Gasteiger partial charge in [0.15, 0.2) is 0 Å². The summed E-state index contributed by atoms with van der Waals surface area (Å²) in [5, 5.41) is 5.94. The van der Waals surface area contributed by atoms with E-state index in [2.05, 4.69) is 41.7 Å². The summed E-state index contributed by atoms with van der Waals surface area (Å²) in [6.45, 7) is 0. The molecule has 1 N–H and O–H groups in total. The van der Waals surface area contributed by atoms with Gasteiger partial charge in [0.05, 0.1) is 10.8 Å². The second-order valence-electron chi connectivity index (χ2n) is 6.32. The Balaban J connectivity index is 1.63. The molecule has 0 aromatic heterocycles. The average Bonchev–Trinajstić information content (AvgIpc) is 2.57. The monoisotopic (exact) mass is 311 g/mol. The molecule has 2 aromatic rings. The van der Waals surface area contributed by atoms with Crippen molar-refractivity contribution in [2.45, 2.75) is 48.4 Å². The molecule has 1 saturated carbocycles. The summed E-state index contributed by atoms with van der Waals surface area (Å²) >= 11 is 0. The van der Waals surface area contributed by atoms with E-state index in [0.29, 0.717) is 6.04 Å². The van der Waals surface area contributed by atoms with Gasteiger partial charge >= 0.3 is 0 Å². The Hall–Kier alpha value is -1.45. The van der Waals surface area contributed by atoms with E-state index in [0.717, 1.165) is 10.5 Å². The highest BCUT2D eigenvalue weighted by Gasteiger charge is 2.25. The van der Waals surface area contributed by atoms with Crippen molar-refractivity contribution in [3.8, 4) is 0 Å². The van der Waals surface area contributed by atoms with Gasteiger partial charge in [-0.3, -0.25) is 9.53 Å². The van der Waals surface area contributed by atoms with Gasteiger partial charge in [-0.05, 0) is 41.3 Å². The summed E-state index contributed by atoms with van der Waals surface area (Å²) in [6.07, 6.45) is 10.6. The molecule has 114 valence electrons. The van der Waals surface area contributed by atoms with Crippen molar-refractivity contribution < 1.29 is 4.21 Å². The zero-order chi connectivity index (χ0) is 14.9. The van der Waals surface area contributed by atoms with Gasteiger partial charge in [-0.1, -0.05) is 55.7 Å². The largest absolute Gasteiger partial charge is 0.297 e. The molecule has 0 bridgehead atoms. The first-order chi connectivity index (χ1) is 10.8. The number of rotatable bonds is 2. The standard InChI is InChI=1S/C19H21NOS/c21-22-18-13-15-7-5-4-6-14(15)12-16(18)10-11-19(22)20-17-8-2-1-3-9-17/h4-7,10-13,17,19-20H,1-3,8-9H2. The molecule has 0 spiro atoms. The maximum absolute atomic E-state index is 12.9. The van der Waals surface area contributed by atoms with Crippen LogP contribution in [0.4, 0.5) is 0 Å². The number of hydrogen-bond donors (Lipinski definition) is 1. The van der Waals surface area contributed by atoms with Crippen LogP contribution < -0.4 is 5.32 Å². The van der Waals surface area contributed by atoms with Crippen molar-refractivity contribution in [1.29, 1.82) is 0 Å². The minimum Gasteiger partial charge on any atom is -0.297 e. The average molecular weight is 311 g/mol. The fraction of sp³-hybridized carbons (Fsp3) is 0.368. The molecule has 1 heterocycles. The summed E-state index contributed by atoms with van der Waals surface area (Å²) in [7, 11) is -1.01. The zero-order valence-electron chi connectivity index (χ0n) is 12.6. The van der Waals surface area contributed by atoms with Gasteiger partial charge in [-0.25, -0.2) is 0 Å². The third kappa shape index (κ3) is 2.64. The fourth-order valence-corrected chi connectivity index (χ4v) is 4.97. The summed E-state index contributed by atoms with van der Waals surface area (Å²) in [5.74, 6) is 0. The lowest BCUT2D eigenvalue weighted by Crippen LogP contribution is -2.41. The minimum absolute atomic E-state index is 0.0447. The molecule has 2 unspecified atom stereocenters. The number of fused-ring (bicyclic) bond motifs is 2. The van der Waals surface area contributed by atoms with Gasteiger partial charge < -0.3 is 0 Å². The van der Waals surface area contributed by atoms with Crippen LogP contribution in [-0.2, 0) is 10.8 Å². The molecule has 0 radical (unpaired) electrons. The fourth-order valence-electron chi connectivity index (χ4n) is 3.56. The second-order valence-corrected chi connectivity index (χ2v) is 7.86. The Morgan fingerprint density at radius 3 is 2.50 bits per heavy atom. The summed E-state index contributed by atoms with van der Waals surface area (Å²) < 4.78 is 12.9. The van der Waals surface area contributed by atoms with Crippen LogP contribution in [-0.4, -0.2) is 15.6 Å². The molecule has 1 aliphatic heterocycles. The van der Waals surface area contributed by atoms with E-state index in [1.807, 2.05) is 12.1 Å². The quantitative estimate of drug-likeness (QED) is 0.899. The Morgan fingerprint density at radius 1 is 1.00 bits per heavy atom. The molecular formula is C19H21NOS. The van der Waals surface area contributed by atoms with E-state index < -0.39 is 10.8 Å². The third-order valence-corrected chi connectivity index (χ3v) is 6.32. The lowest BCUT2D eigenvalue weighted by molar-refractivity contribution is 0.376.